The number of furan rings is 1. The Kier molecular flexibility index (Phi) is 10.1. The molecule has 0 spiro atoms. The molecule has 1 aliphatic rings. The molecule has 12 aromatic carbocycles. The van der Waals surface area contributed by atoms with Crippen LogP contribution in [0.5, 0.6) is 0 Å². The summed E-state index contributed by atoms with van der Waals surface area (Å²) in [6.07, 6.45) is 0. The first-order chi connectivity index (χ1) is 36.2. The predicted octanol–water partition coefficient (Wildman–Crippen LogP) is 19.2. The molecule has 1 heterocycles. The topological polar surface area (TPSA) is 16.4 Å². The second kappa shape index (κ2) is 17.4. The molecule has 0 aliphatic heterocycles. The molecule has 342 valence electrons. The first-order valence-corrected chi connectivity index (χ1v) is 25.2. The first kappa shape index (κ1) is 42.4. The fourth-order valence-electron chi connectivity index (χ4n) is 12.0. The van der Waals surface area contributed by atoms with Gasteiger partial charge in [-0.2, -0.15) is 0 Å². The maximum atomic E-state index is 6.38. The van der Waals surface area contributed by atoms with E-state index in [-0.39, 0.29) is 0 Å². The van der Waals surface area contributed by atoms with E-state index in [9.17, 15) is 0 Å². The highest BCUT2D eigenvalue weighted by atomic mass is 16.3. The van der Waals surface area contributed by atoms with Crippen LogP contribution in [0.1, 0.15) is 22.3 Å². The zero-order chi connectivity index (χ0) is 48.3. The predicted molar refractivity (Wildman–Crippen MR) is 305 cm³/mol. The molecule has 0 atom stereocenters. The van der Waals surface area contributed by atoms with Crippen molar-refractivity contribution in [3.8, 4) is 55.6 Å². The molecular weight excluding hydrogens is 883 g/mol. The Bertz CT molecular complexity index is 4160. The number of nitrogens with zero attached hydrogens (tertiary/aromatic N) is 1. The summed E-state index contributed by atoms with van der Waals surface area (Å²) in [7, 11) is 0. The standard InChI is InChI=1S/C71H47NO/c1-4-22-48(23-5-1)56-35-20-24-49-25-21-36-61(70(49)56)59-33-13-18-40-67(59)72(65-38-16-11-30-54(65)50-43-45-69-62(46-50)60-34-14-19-41-68(60)73-69)66-39-17-12-31-55(66)51-42-44-58-57-32-10-15-37-63(57)71(64(58)47-51,52-26-6-2-7-27-52)53-28-8-3-9-29-53/h1-47H. The van der Waals surface area contributed by atoms with Gasteiger partial charge in [-0.05, 0) is 114 Å². The smallest absolute Gasteiger partial charge is 0.135 e. The van der Waals surface area contributed by atoms with E-state index in [2.05, 4.69) is 284 Å². The number of benzene rings is 12. The van der Waals surface area contributed by atoms with Crippen molar-refractivity contribution in [3.63, 3.8) is 0 Å². The average Bonchev–Trinajstić information content (AvgIpc) is 3.99. The Labute approximate surface area is 425 Å². The molecule has 0 amide bonds. The van der Waals surface area contributed by atoms with Crippen LogP contribution in [-0.4, -0.2) is 0 Å². The summed E-state index contributed by atoms with van der Waals surface area (Å²) in [4.78, 5) is 2.52. The summed E-state index contributed by atoms with van der Waals surface area (Å²) in [5.74, 6) is 0. The average molecular weight is 930 g/mol. The van der Waals surface area contributed by atoms with Crippen LogP contribution in [-0.2, 0) is 5.41 Å². The molecule has 0 unspecified atom stereocenters. The molecule has 13 aromatic rings. The Morgan fingerprint density at radius 2 is 0.753 bits per heavy atom. The summed E-state index contributed by atoms with van der Waals surface area (Å²) < 4.78 is 6.38. The van der Waals surface area contributed by atoms with E-state index in [1.165, 1.54) is 60.8 Å². The van der Waals surface area contributed by atoms with Crippen LogP contribution in [0.2, 0.25) is 0 Å². The van der Waals surface area contributed by atoms with E-state index in [0.29, 0.717) is 0 Å². The minimum atomic E-state index is -0.543. The summed E-state index contributed by atoms with van der Waals surface area (Å²) in [6.45, 7) is 0. The van der Waals surface area contributed by atoms with Gasteiger partial charge in [-0.15, -0.1) is 0 Å². The van der Waals surface area contributed by atoms with E-state index in [4.69, 9.17) is 4.42 Å². The fraction of sp³-hybridized carbons (Fsp3) is 0.0141. The zero-order valence-corrected chi connectivity index (χ0v) is 40.0. The van der Waals surface area contributed by atoms with E-state index in [0.717, 1.165) is 66.8 Å². The van der Waals surface area contributed by atoms with Gasteiger partial charge in [-0.3, -0.25) is 0 Å². The largest absolute Gasteiger partial charge is 0.456 e. The molecule has 2 nitrogen and oxygen atoms in total. The van der Waals surface area contributed by atoms with Gasteiger partial charge in [-0.25, -0.2) is 0 Å². The minimum Gasteiger partial charge on any atom is -0.456 e. The summed E-state index contributed by atoms with van der Waals surface area (Å²) >= 11 is 0. The van der Waals surface area contributed by atoms with Crippen molar-refractivity contribution in [3.05, 3.63) is 307 Å². The van der Waals surface area contributed by atoms with Crippen LogP contribution in [0.15, 0.2) is 290 Å². The number of hydrogen-bond acceptors (Lipinski definition) is 2. The third-order valence-electron chi connectivity index (χ3n) is 15.2. The third-order valence-corrected chi connectivity index (χ3v) is 15.2. The van der Waals surface area contributed by atoms with E-state index < -0.39 is 5.41 Å². The lowest BCUT2D eigenvalue weighted by Gasteiger charge is -2.34. The lowest BCUT2D eigenvalue weighted by molar-refractivity contribution is 0.669. The lowest BCUT2D eigenvalue weighted by Crippen LogP contribution is -2.28. The third kappa shape index (κ3) is 6.79. The van der Waals surface area contributed by atoms with Gasteiger partial charge in [0.15, 0.2) is 0 Å². The van der Waals surface area contributed by atoms with Crippen molar-refractivity contribution in [2.45, 2.75) is 5.41 Å². The highest BCUT2D eigenvalue weighted by molar-refractivity contribution is 6.10. The molecule has 14 rings (SSSR count). The fourth-order valence-corrected chi connectivity index (χ4v) is 12.0. The number of rotatable bonds is 9. The second-order valence-corrected chi connectivity index (χ2v) is 19.1. The van der Waals surface area contributed by atoms with Crippen LogP contribution in [0.4, 0.5) is 17.1 Å². The van der Waals surface area contributed by atoms with Gasteiger partial charge in [0.05, 0.1) is 22.5 Å². The van der Waals surface area contributed by atoms with Crippen molar-refractivity contribution in [1.29, 1.82) is 0 Å². The Balaban J connectivity index is 1.04. The van der Waals surface area contributed by atoms with Gasteiger partial charge in [0.1, 0.15) is 11.2 Å². The van der Waals surface area contributed by atoms with Gasteiger partial charge in [-0.1, -0.05) is 243 Å². The zero-order valence-electron chi connectivity index (χ0n) is 40.0. The number of anilines is 3. The number of fused-ring (bicyclic) bond motifs is 7. The van der Waals surface area contributed by atoms with Crippen LogP contribution < -0.4 is 4.90 Å². The van der Waals surface area contributed by atoms with E-state index in [1.807, 2.05) is 6.07 Å². The molecular formula is C71H47NO. The molecule has 0 radical (unpaired) electrons. The van der Waals surface area contributed by atoms with Crippen molar-refractivity contribution >= 4 is 49.8 Å². The van der Waals surface area contributed by atoms with Crippen molar-refractivity contribution in [1.82, 2.24) is 0 Å². The van der Waals surface area contributed by atoms with Crippen molar-refractivity contribution < 1.29 is 4.42 Å². The quantitative estimate of drug-likeness (QED) is 0.143. The SMILES string of the molecule is c1ccc(-c2cccc3cccc(-c4ccccc4N(c4ccccc4-c4ccc5c(c4)C(c4ccccc4)(c4ccccc4)c4ccccc4-5)c4ccccc4-c4ccc5oc6ccccc6c5c4)c23)cc1. The van der Waals surface area contributed by atoms with Crippen LogP contribution in [0.25, 0.3) is 88.3 Å². The number of para-hydroxylation sites is 4. The maximum absolute atomic E-state index is 6.38. The highest BCUT2D eigenvalue weighted by Gasteiger charge is 2.46. The van der Waals surface area contributed by atoms with E-state index in [1.54, 1.807) is 0 Å². The normalized spacial score (nSPS) is 12.5. The Morgan fingerprint density at radius 1 is 0.274 bits per heavy atom. The molecule has 0 fully saturated rings. The monoisotopic (exact) mass is 929 g/mol. The Morgan fingerprint density at radius 3 is 1.44 bits per heavy atom. The van der Waals surface area contributed by atoms with Crippen molar-refractivity contribution in [2.75, 3.05) is 4.90 Å². The molecule has 1 aromatic heterocycles. The highest BCUT2D eigenvalue weighted by Crippen LogP contribution is 2.58. The molecule has 0 saturated heterocycles. The van der Waals surface area contributed by atoms with Gasteiger partial charge in [0, 0.05) is 27.5 Å². The number of hydrogen-bond donors (Lipinski definition) is 0. The molecule has 0 bridgehead atoms. The molecule has 73 heavy (non-hydrogen) atoms. The van der Waals surface area contributed by atoms with Crippen LogP contribution >= 0.6 is 0 Å². The summed E-state index contributed by atoms with van der Waals surface area (Å²) in [5, 5.41) is 4.62. The molecule has 1 aliphatic carbocycles. The maximum Gasteiger partial charge on any atom is 0.135 e. The van der Waals surface area contributed by atoms with E-state index >= 15 is 0 Å². The first-order valence-electron chi connectivity index (χ1n) is 25.2. The van der Waals surface area contributed by atoms with Gasteiger partial charge >= 0.3 is 0 Å². The lowest BCUT2D eigenvalue weighted by atomic mass is 9.67. The van der Waals surface area contributed by atoms with Gasteiger partial charge in [0.25, 0.3) is 0 Å². The summed E-state index contributed by atoms with van der Waals surface area (Å²) in [6, 6.07) is 104. The van der Waals surface area contributed by atoms with Gasteiger partial charge < -0.3 is 9.32 Å². The summed E-state index contributed by atoms with van der Waals surface area (Å²) in [5.41, 5.74) is 21.2. The molecule has 0 saturated carbocycles. The molecule has 0 N–H and O–H groups in total. The van der Waals surface area contributed by atoms with Gasteiger partial charge in [0.2, 0.25) is 0 Å². The molecule has 2 heteroatoms. The minimum absolute atomic E-state index is 0.543. The Hall–Kier alpha value is -9.50. The van der Waals surface area contributed by atoms with Crippen LogP contribution in [0.3, 0.4) is 0 Å². The van der Waals surface area contributed by atoms with Crippen LogP contribution in [0, 0.1) is 0 Å². The van der Waals surface area contributed by atoms with Crippen molar-refractivity contribution in [2.24, 2.45) is 0 Å². The second-order valence-electron chi connectivity index (χ2n) is 19.1.